The molecule has 0 fully saturated rings. The minimum atomic E-state index is -0.645. The topological polar surface area (TPSA) is 93.3 Å². The molecule has 7 heteroatoms. The predicted octanol–water partition coefficient (Wildman–Crippen LogP) is 0.547. The highest BCUT2D eigenvalue weighted by atomic mass is 16.7. The Morgan fingerprint density at radius 3 is 2.74 bits per heavy atom. The molecule has 0 bridgehead atoms. The summed E-state index contributed by atoms with van der Waals surface area (Å²) in [4.78, 5) is 25.0. The summed E-state index contributed by atoms with van der Waals surface area (Å²) >= 11 is 0. The molecule has 0 radical (unpaired) electrons. The van der Waals surface area contributed by atoms with Gasteiger partial charge in [0.2, 0.25) is 12.7 Å². The van der Waals surface area contributed by atoms with Crippen molar-refractivity contribution in [3.05, 3.63) is 53.6 Å². The maximum absolute atomic E-state index is 12.6. The van der Waals surface area contributed by atoms with Crippen molar-refractivity contribution in [1.29, 1.82) is 0 Å². The molecule has 2 atom stereocenters. The number of benzene rings is 2. The third kappa shape index (κ3) is 3.73. The van der Waals surface area contributed by atoms with Gasteiger partial charge in [0.25, 0.3) is 5.91 Å². The minimum absolute atomic E-state index is 0.127. The number of ether oxygens (including phenoxy) is 2. The van der Waals surface area contributed by atoms with Crippen molar-refractivity contribution in [3.63, 3.8) is 0 Å². The Hall–Kier alpha value is -3.06. The summed E-state index contributed by atoms with van der Waals surface area (Å²) in [5.74, 6) is 0.846. The smallest absolute Gasteiger partial charge is 0.279 e. The number of anilines is 1. The summed E-state index contributed by atoms with van der Waals surface area (Å²) in [6.45, 7) is 2.63. The van der Waals surface area contributed by atoms with E-state index < -0.39 is 6.04 Å². The molecule has 0 aromatic heterocycles. The van der Waals surface area contributed by atoms with Crippen molar-refractivity contribution >= 4 is 17.5 Å². The summed E-state index contributed by atoms with van der Waals surface area (Å²) in [6.07, 6.45) is 0.665. The van der Waals surface area contributed by atoms with Gasteiger partial charge < -0.3 is 25.4 Å². The molecule has 2 aromatic rings. The van der Waals surface area contributed by atoms with Crippen LogP contribution in [0.3, 0.4) is 0 Å². The second-order valence-corrected chi connectivity index (χ2v) is 6.81. The van der Waals surface area contributed by atoms with Gasteiger partial charge >= 0.3 is 0 Å². The van der Waals surface area contributed by atoms with Crippen molar-refractivity contribution in [2.24, 2.45) is 0 Å². The van der Waals surface area contributed by atoms with Gasteiger partial charge in [-0.3, -0.25) is 9.59 Å². The Morgan fingerprint density at radius 1 is 1.11 bits per heavy atom. The number of hydrogen-bond acceptors (Lipinski definition) is 4. The highest BCUT2D eigenvalue weighted by Gasteiger charge is 2.29. The van der Waals surface area contributed by atoms with E-state index >= 15 is 0 Å². The van der Waals surface area contributed by atoms with Crippen LogP contribution in [0.1, 0.15) is 18.1 Å². The van der Waals surface area contributed by atoms with E-state index in [4.69, 9.17) is 9.47 Å². The lowest BCUT2D eigenvalue weighted by Gasteiger charge is -2.23. The molecule has 2 heterocycles. The number of hydrogen-bond donors (Lipinski definition) is 3. The second kappa shape index (κ2) is 7.28. The van der Waals surface area contributed by atoms with Gasteiger partial charge in [0.1, 0.15) is 12.6 Å². The van der Waals surface area contributed by atoms with E-state index in [2.05, 4.69) is 22.8 Å². The fourth-order valence-corrected chi connectivity index (χ4v) is 3.36. The number of carbonyl (C=O) groups excluding carboxylic acids is 2. The zero-order valence-electron chi connectivity index (χ0n) is 15.0. The van der Waals surface area contributed by atoms with Gasteiger partial charge in [0.05, 0.1) is 0 Å². The van der Waals surface area contributed by atoms with Gasteiger partial charge in [0.15, 0.2) is 17.5 Å². The predicted molar refractivity (Wildman–Crippen MR) is 98.4 cm³/mol. The third-order valence-corrected chi connectivity index (χ3v) is 4.91. The lowest BCUT2D eigenvalue weighted by Crippen LogP contribution is -2.93. The van der Waals surface area contributed by atoms with Crippen LogP contribution in [-0.2, 0) is 22.6 Å². The largest absolute Gasteiger partial charge is 0.454 e. The van der Waals surface area contributed by atoms with Gasteiger partial charge in [-0.25, -0.2) is 0 Å². The Bertz CT molecular complexity index is 883. The molecule has 2 aliphatic rings. The van der Waals surface area contributed by atoms with Crippen LogP contribution < -0.4 is 25.4 Å². The van der Waals surface area contributed by atoms with Crippen molar-refractivity contribution in [2.75, 3.05) is 12.1 Å². The number of nitrogens with one attached hydrogen (secondary N) is 2. The standard InChI is InChI=1S/C20H21N3O4/c1-12(19(24)23-15-6-7-17-18(9-15)27-11-26-17)22-20(25)16-8-13-4-2-3-5-14(13)10-21-16/h2-7,9,12,16,21H,8,10-11H2,1H3,(H,22,25)(H,23,24)/p+1/t12-,16+/m1/s1. The van der Waals surface area contributed by atoms with Crippen LogP contribution in [-0.4, -0.2) is 30.7 Å². The molecule has 4 N–H and O–H groups in total. The molecule has 0 saturated carbocycles. The first-order chi connectivity index (χ1) is 13.1. The summed E-state index contributed by atoms with van der Waals surface area (Å²) in [6, 6.07) is 12.5. The second-order valence-electron chi connectivity index (χ2n) is 6.81. The van der Waals surface area contributed by atoms with E-state index in [-0.39, 0.29) is 24.6 Å². The van der Waals surface area contributed by atoms with E-state index in [1.54, 1.807) is 25.1 Å². The molecule has 4 rings (SSSR count). The highest BCUT2D eigenvalue weighted by molar-refractivity contribution is 5.97. The van der Waals surface area contributed by atoms with Crippen molar-refractivity contribution in [3.8, 4) is 11.5 Å². The maximum atomic E-state index is 12.6. The molecule has 140 valence electrons. The molecule has 0 spiro atoms. The first-order valence-electron chi connectivity index (χ1n) is 9.01. The van der Waals surface area contributed by atoms with Crippen LogP contribution in [0, 0.1) is 0 Å². The molecule has 2 aromatic carbocycles. The first kappa shape index (κ1) is 17.4. The Morgan fingerprint density at radius 2 is 1.89 bits per heavy atom. The van der Waals surface area contributed by atoms with Crippen LogP contribution in [0.25, 0.3) is 0 Å². The third-order valence-electron chi connectivity index (χ3n) is 4.91. The molecular formula is C20H22N3O4+. The maximum Gasteiger partial charge on any atom is 0.279 e. The number of amides is 2. The zero-order valence-corrected chi connectivity index (χ0v) is 15.0. The van der Waals surface area contributed by atoms with Crippen LogP contribution in [0.2, 0.25) is 0 Å². The van der Waals surface area contributed by atoms with Gasteiger partial charge in [0, 0.05) is 23.7 Å². The van der Waals surface area contributed by atoms with Crippen molar-refractivity contribution in [1.82, 2.24) is 5.32 Å². The van der Waals surface area contributed by atoms with Crippen LogP contribution in [0.5, 0.6) is 11.5 Å². The van der Waals surface area contributed by atoms with E-state index in [1.807, 2.05) is 17.4 Å². The molecule has 0 aliphatic carbocycles. The first-order valence-corrected chi connectivity index (χ1v) is 9.01. The molecule has 7 nitrogen and oxygen atoms in total. The van der Waals surface area contributed by atoms with E-state index in [9.17, 15) is 9.59 Å². The Balaban J connectivity index is 1.34. The van der Waals surface area contributed by atoms with Gasteiger partial charge in [-0.15, -0.1) is 0 Å². The normalized spacial score (nSPS) is 18.3. The van der Waals surface area contributed by atoms with Gasteiger partial charge in [-0.05, 0) is 24.6 Å². The van der Waals surface area contributed by atoms with Crippen LogP contribution in [0.4, 0.5) is 5.69 Å². The monoisotopic (exact) mass is 368 g/mol. The van der Waals surface area contributed by atoms with E-state index in [0.29, 0.717) is 23.6 Å². The molecule has 2 amide bonds. The van der Waals surface area contributed by atoms with E-state index in [1.165, 1.54) is 11.1 Å². The molecule has 0 unspecified atom stereocenters. The number of nitrogens with two attached hydrogens (primary N) is 1. The lowest BCUT2D eigenvalue weighted by molar-refractivity contribution is -0.695. The Kier molecular flexibility index (Phi) is 4.68. The Labute approximate surface area is 157 Å². The van der Waals surface area contributed by atoms with Crippen LogP contribution in [0.15, 0.2) is 42.5 Å². The average Bonchev–Trinajstić information content (AvgIpc) is 3.15. The zero-order chi connectivity index (χ0) is 18.8. The molecule has 0 saturated heterocycles. The summed E-state index contributed by atoms with van der Waals surface area (Å²) in [5.41, 5.74) is 3.05. The number of quaternary nitrogens is 1. The van der Waals surface area contributed by atoms with Crippen molar-refractivity contribution in [2.45, 2.75) is 32.0 Å². The SMILES string of the molecule is C[C@@H](NC(=O)[C@@H]1Cc2ccccc2C[NH2+]1)C(=O)Nc1ccc2c(c1)OCO2. The quantitative estimate of drug-likeness (QED) is 0.735. The fraction of sp³-hybridized carbons (Fsp3) is 0.300. The lowest BCUT2D eigenvalue weighted by atomic mass is 9.95. The average molecular weight is 368 g/mol. The molecular weight excluding hydrogens is 346 g/mol. The molecule has 2 aliphatic heterocycles. The van der Waals surface area contributed by atoms with E-state index in [0.717, 1.165) is 6.54 Å². The number of rotatable bonds is 4. The highest BCUT2D eigenvalue weighted by Crippen LogP contribution is 2.34. The van der Waals surface area contributed by atoms with Gasteiger partial charge in [-0.1, -0.05) is 24.3 Å². The summed E-state index contributed by atoms with van der Waals surface area (Å²) < 4.78 is 10.6. The van der Waals surface area contributed by atoms with Crippen LogP contribution >= 0.6 is 0 Å². The summed E-state index contributed by atoms with van der Waals surface area (Å²) in [7, 11) is 0. The van der Waals surface area contributed by atoms with Crippen molar-refractivity contribution < 1.29 is 24.4 Å². The molecule has 27 heavy (non-hydrogen) atoms. The number of carbonyl (C=O) groups is 2. The number of fused-ring (bicyclic) bond motifs is 2. The van der Waals surface area contributed by atoms with Gasteiger partial charge in [-0.2, -0.15) is 0 Å². The summed E-state index contributed by atoms with van der Waals surface area (Å²) in [5, 5.41) is 7.62. The minimum Gasteiger partial charge on any atom is -0.454 e. The fourth-order valence-electron chi connectivity index (χ4n) is 3.36.